The molecule has 1 heterocycles. The lowest BCUT2D eigenvalue weighted by Crippen LogP contribution is -2.70. The Bertz CT molecular complexity index is 1240. The van der Waals surface area contributed by atoms with E-state index < -0.39 is 52.9 Å². The monoisotopic (exact) mass is 629 g/mol. The van der Waals surface area contributed by atoms with E-state index in [1.54, 1.807) is 0 Å². The molecule has 45 heavy (non-hydrogen) atoms. The van der Waals surface area contributed by atoms with Crippen molar-refractivity contribution in [3.05, 3.63) is 11.6 Å². The SMILES string of the molecule is CC(=O)O[C@@H]1C[C@]23COC[C@](C)([C@@H]2CC[C@H]2C3=CC[C@@]3(C)[C@H](C(=O)O)[C@@](C)(C(C)C(C)C)CC[C@]23C)[C@H]1OC(=O)C(N)C(C)C. The van der Waals surface area contributed by atoms with Gasteiger partial charge in [0.25, 0.3) is 0 Å². The predicted octanol–water partition coefficient (Wildman–Crippen LogP) is 6.40. The summed E-state index contributed by atoms with van der Waals surface area (Å²) in [6, 6.07) is -0.769. The zero-order chi connectivity index (χ0) is 33.5. The first kappa shape index (κ1) is 34.4. The summed E-state index contributed by atoms with van der Waals surface area (Å²) in [6.45, 7) is 21.8. The Morgan fingerprint density at radius 3 is 2.20 bits per heavy atom. The molecule has 0 spiro atoms. The fourth-order valence-electron chi connectivity index (χ4n) is 11.6. The number of carbonyl (C=O) groups excluding carboxylic acids is 2. The first-order valence-corrected chi connectivity index (χ1v) is 17.4. The van der Waals surface area contributed by atoms with Gasteiger partial charge in [-0.15, -0.1) is 0 Å². The van der Waals surface area contributed by atoms with Gasteiger partial charge in [0.2, 0.25) is 0 Å². The Balaban J connectivity index is 1.59. The third kappa shape index (κ3) is 4.85. The molecular formula is C37H59NO7. The van der Waals surface area contributed by atoms with E-state index in [0.717, 1.165) is 25.7 Å². The number of esters is 2. The summed E-state index contributed by atoms with van der Waals surface area (Å²) in [4.78, 5) is 39.1. The van der Waals surface area contributed by atoms with Crippen LogP contribution in [0.3, 0.4) is 0 Å². The second kappa shape index (κ2) is 11.4. The molecule has 0 radical (unpaired) electrons. The molecule has 254 valence electrons. The van der Waals surface area contributed by atoms with Gasteiger partial charge in [-0.1, -0.05) is 74.0 Å². The molecule has 3 N–H and O–H groups in total. The highest BCUT2D eigenvalue weighted by Crippen LogP contribution is 2.75. The average Bonchev–Trinajstić information content (AvgIpc) is 2.94. The fourth-order valence-corrected chi connectivity index (χ4v) is 11.6. The van der Waals surface area contributed by atoms with Gasteiger partial charge in [0, 0.05) is 17.8 Å². The summed E-state index contributed by atoms with van der Waals surface area (Å²) >= 11 is 0. The van der Waals surface area contributed by atoms with E-state index in [0.29, 0.717) is 32.0 Å². The van der Waals surface area contributed by atoms with Gasteiger partial charge in [0.05, 0.1) is 19.1 Å². The number of aliphatic carboxylic acids is 1. The molecule has 5 aliphatic rings. The van der Waals surface area contributed by atoms with Crippen LogP contribution in [0.1, 0.15) is 108 Å². The van der Waals surface area contributed by atoms with Crippen LogP contribution in [0.2, 0.25) is 0 Å². The van der Waals surface area contributed by atoms with Crippen molar-refractivity contribution in [3.63, 3.8) is 0 Å². The number of allylic oxidation sites excluding steroid dienone is 1. The van der Waals surface area contributed by atoms with Crippen LogP contribution in [0.25, 0.3) is 0 Å². The summed E-state index contributed by atoms with van der Waals surface area (Å²) in [5, 5.41) is 10.9. The van der Waals surface area contributed by atoms with Crippen molar-refractivity contribution < 1.29 is 33.7 Å². The summed E-state index contributed by atoms with van der Waals surface area (Å²) in [5.74, 6) is -1.06. The quantitative estimate of drug-likeness (QED) is 0.245. The Hall–Kier alpha value is -1.93. The smallest absolute Gasteiger partial charge is 0.323 e. The molecule has 8 heteroatoms. The van der Waals surface area contributed by atoms with Gasteiger partial charge in [-0.2, -0.15) is 0 Å². The molecule has 4 aliphatic carbocycles. The van der Waals surface area contributed by atoms with Crippen LogP contribution in [0.5, 0.6) is 0 Å². The van der Waals surface area contributed by atoms with Crippen molar-refractivity contribution in [2.75, 3.05) is 13.2 Å². The van der Waals surface area contributed by atoms with Crippen molar-refractivity contribution in [2.24, 2.45) is 68.3 Å². The minimum atomic E-state index is -0.769. The largest absolute Gasteiger partial charge is 0.481 e. The van der Waals surface area contributed by atoms with E-state index in [-0.39, 0.29) is 39.9 Å². The number of nitrogens with two attached hydrogens (primary N) is 1. The zero-order valence-electron chi connectivity index (χ0n) is 29.4. The number of ether oxygens (including phenoxy) is 3. The van der Waals surface area contributed by atoms with Crippen LogP contribution in [0.15, 0.2) is 11.6 Å². The number of carboxylic acids is 1. The number of hydrogen-bond donors (Lipinski definition) is 2. The molecule has 3 saturated carbocycles. The molecule has 0 aromatic heterocycles. The van der Waals surface area contributed by atoms with Gasteiger partial charge in [0.1, 0.15) is 18.2 Å². The van der Waals surface area contributed by atoms with Gasteiger partial charge in [-0.3, -0.25) is 14.4 Å². The molecule has 2 bridgehead atoms. The lowest BCUT2D eigenvalue weighted by molar-refractivity contribution is -0.263. The van der Waals surface area contributed by atoms with E-state index in [2.05, 4.69) is 54.5 Å². The van der Waals surface area contributed by atoms with Gasteiger partial charge in [-0.05, 0) is 84.4 Å². The summed E-state index contributed by atoms with van der Waals surface area (Å²) in [6.07, 6.45) is 6.03. The molecule has 12 atom stereocenters. The highest BCUT2D eigenvalue weighted by atomic mass is 16.6. The van der Waals surface area contributed by atoms with Crippen LogP contribution in [0.4, 0.5) is 0 Å². The third-order valence-corrected chi connectivity index (χ3v) is 14.6. The maximum atomic E-state index is 13.3. The van der Waals surface area contributed by atoms with E-state index in [1.807, 2.05) is 13.8 Å². The normalized spacial score (nSPS) is 45.4. The maximum Gasteiger partial charge on any atom is 0.323 e. The first-order chi connectivity index (χ1) is 20.8. The molecule has 1 aliphatic heterocycles. The van der Waals surface area contributed by atoms with Crippen molar-refractivity contribution in [2.45, 2.75) is 126 Å². The lowest BCUT2D eigenvalue weighted by Gasteiger charge is -2.71. The molecule has 0 aromatic rings. The molecule has 5 rings (SSSR count). The number of fused-ring (bicyclic) bond motifs is 3. The maximum absolute atomic E-state index is 13.3. The number of carbonyl (C=O) groups is 3. The van der Waals surface area contributed by atoms with Crippen molar-refractivity contribution in [1.29, 1.82) is 0 Å². The number of carboxylic acid groups (broad SMARTS) is 1. The van der Waals surface area contributed by atoms with Crippen LogP contribution >= 0.6 is 0 Å². The van der Waals surface area contributed by atoms with Crippen LogP contribution in [0, 0.1) is 62.6 Å². The van der Waals surface area contributed by atoms with Crippen molar-refractivity contribution >= 4 is 17.9 Å². The second-order valence-corrected chi connectivity index (χ2v) is 17.3. The summed E-state index contributed by atoms with van der Waals surface area (Å²) in [5.41, 5.74) is 5.69. The average molecular weight is 630 g/mol. The standard InChI is InChI=1S/C37H59NO7/c1-20(2)22(5)33(7)15-16-35(9)24-11-12-27-34(8)18-43-19-37(27,25(24)13-14-36(35,10)29(33)31(40)41)17-26(44-23(6)39)30(34)45-32(42)28(38)21(3)4/h13,20-22,24,26-30H,11-12,14-19,38H2,1-10H3,(H,40,41)/t22?,24-,26+,27-,28?,29+,30-,33+,34+,35+,36-,37+/m0/s1. The lowest BCUT2D eigenvalue weighted by atomic mass is 9.34. The molecule has 4 fully saturated rings. The minimum absolute atomic E-state index is 0.0869. The molecule has 2 unspecified atom stereocenters. The Kier molecular flexibility index (Phi) is 8.68. The number of rotatable bonds is 7. The second-order valence-electron chi connectivity index (χ2n) is 17.3. The topological polar surface area (TPSA) is 125 Å². The molecule has 1 saturated heterocycles. The van der Waals surface area contributed by atoms with Crippen LogP contribution in [-0.4, -0.2) is 54.5 Å². The Morgan fingerprint density at radius 2 is 1.62 bits per heavy atom. The van der Waals surface area contributed by atoms with Crippen LogP contribution in [-0.2, 0) is 28.6 Å². The van der Waals surface area contributed by atoms with E-state index in [4.69, 9.17) is 19.9 Å². The summed E-state index contributed by atoms with van der Waals surface area (Å²) in [7, 11) is 0. The van der Waals surface area contributed by atoms with E-state index in [1.165, 1.54) is 12.5 Å². The van der Waals surface area contributed by atoms with E-state index in [9.17, 15) is 19.5 Å². The predicted molar refractivity (Wildman–Crippen MR) is 172 cm³/mol. The molecule has 0 aromatic carbocycles. The van der Waals surface area contributed by atoms with Crippen molar-refractivity contribution in [3.8, 4) is 0 Å². The Morgan fingerprint density at radius 1 is 0.956 bits per heavy atom. The van der Waals surface area contributed by atoms with Gasteiger partial charge in [0.15, 0.2) is 0 Å². The van der Waals surface area contributed by atoms with E-state index >= 15 is 0 Å². The highest BCUT2D eigenvalue weighted by Gasteiger charge is 2.72. The highest BCUT2D eigenvalue weighted by molar-refractivity contribution is 5.76. The van der Waals surface area contributed by atoms with Crippen molar-refractivity contribution in [1.82, 2.24) is 0 Å². The summed E-state index contributed by atoms with van der Waals surface area (Å²) < 4.78 is 18.7. The van der Waals surface area contributed by atoms with Crippen LogP contribution < -0.4 is 5.73 Å². The van der Waals surface area contributed by atoms with Gasteiger partial charge >= 0.3 is 17.9 Å². The molecular weight excluding hydrogens is 570 g/mol. The fraction of sp³-hybridized carbons (Fsp3) is 0.865. The molecule has 0 amide bonds. The Labute approximate surface area is 270 Å². The third-order valence-electron chi connectivity index (χ3n) is 14.6. The van der Waals surface area contributed by atoms with Gasteiger partial charge in [-0.25, -0.2) is 0 Å². The molecule has 8 nitrogen and oxygen atoms in total. The van der Waals surface area contributed by atoms with Gasteiger partial charge < -0.3 is 25.1 Å². The number of hydrogen-bond acceptors (Lipinski definition) is 7. The minimum Gasteiger partial charge on any atom is -0.481 e. The first-order valence-electron chi connectivity index (χ1n) is 17.4. The zero-order valence-corrected chi connectivity index (χ0v) is 29.4.